The molecule has 0 bridgehead atoms. The van der Waals surface area contributed by atoms with Crippen LogP contribution in [0.5, 0.6) is 5.88 Å². The number of esters is 1. The summed E-state index contributed by atoms with van der Waals surface area (Å²) in [5.41, 5.74) is 6.15. The van der Waals surface area contributed by atoms with E-state index in [1.165, 1.54) is 20.0 Å². The topological polar surface area (TPSA) is 107 Å². The Kier molecular flexibility index (Phi) is 10.2. The van der Waals surface area contributed by atoms with Gasteiger partial charge in [-0.15, -0.1) is 5.01 Å². The van der Waals surface area contributed by atoms with E-state index in [1.807, 2.05) is 36.3 Å². The van der Waals surface area contributed by atoms with Gasteiger partial charge in [0.05, 0.1) is 24.3 Å². The summed E-state index contributed by atoms with van der Waals surface area (Å²) in [6.45, 7) is 13.9. The van der Waals surface area contributed by atoms with Crippen molar-refractivity contribution in [3.8, 4) is 17.1 Å². The molecule has 1 unspecified atom stereocenters. The summed E-state index contributed by atoms with van der Waals surface area (Å²) in [6, 6.07) is 6.93. The summed E-state index contributed by atoms with van der Waals surface area (Å²) in [7, 11) is 0.208. The van der Waals surface area contributed by atoms with Gasteiger partial charge in [-0.05, 0) is 57.4 Å². The molecule has 41 heavy (non-hydrogen) atoms. The van der Waals surface area contributed by atoms with Gasteiger partial charge in [0.1, 0.15) is 19.2 Å². The van der Waals surface area contributed by atoms with Gasteiger partial charge in [0.15, 0.2) is 0 Å². The summed E-state index contributed by atoms with van der Waals surface area (Å²) in [4.78, 5) is 25.9. The van der Waals surface area contributed by atoms with Crippen LogP contribution in [-0.4, -0.2) is 74.4 Å². The molecule has 0 saturated heterocycles. The van der Waals surface area contributed by atoms with E-state index < -0.39 is 19.8 Å². The van der Waals surface area contributed by atoms with Crippen molar-refractivity contribution < 1.29 is 23.7 Å². The number of aryl methyl sites for hydroxylation is 1. The molecule has 2 aromatic heterocycles. The normalized spacial score (nSPS) is 18.3. The standard InChI is InChI=1S/C30H45N5O5Si/c1-21-16-26(39-19-30(2,3)28(36)37-4)32-18-24(21)25-13-12-22(17-31-25)27-33-29(40-23-10-8-9-11-23)35(34-27)20-38-14-15-41(5,6)7/h12-13,16-18,23,29H,8-11,14-15,19-20H2,1-7H3,(H,33,34). The zero-order valence-electron chi connectivity index (χ0n) is 25.5. The van der Waals surface area contributed by atoms with E-state index in [0.29, 0.717) is 18.4 Å². The summed E-state index contributed by atoms with van der Waals surface area (Å²) in [5, 5.41) is 1.93. The average Bonchev–Trinajstić information content (AvgIpc) is 3.59. The van der Waals surface area contributed by atoms with Gasteiger partial charge in [0, 0.05) is 44.3 Å². The number of aliphatic imine (C=N–C) groups is 1. The Morgan fingerprint density at radius 2 is 1.90 bits per heavy atom. The number of hydrazine groups is 1. The summed E-state index contributed by atoms with van der Waals surface area (Å²) >= 11 is 0. The minimum Gasteiger partial charge on any atom is -0.476 e. The third-order valence-corrected chi connectivity index (χ3v) is 9.02. The van der Waals surface area contributed by atoms with E-state index in [-0.39, 0.29) is 18.7 Å². The van der Waals surface area contributed by atoms with Gasteiger partial charge in [-0.25, -0.2) is 9.98 Å². The van der Waals surface area contributed by atoms with Crippen LogP contribution in [0, 0.1) is 12.3 Å². The first-order chi connectivity index (χ1) is 19.4. The molecule has 2 aromatic rings. The quantitative estimate of drug-likeness (QED) is 0.195. The number of hydrogen-bond acceptors (Lipinski definition) is 10. The number of aromatic nitrogens is 2. The van der Waals surface area contributed by atoms with Gasteiger partial charge >= 0.3 is 5.97 Å². The van der Waals surface area contributed by atoms with Gasteiger partial charge in [-0.2, -0.15) is 0 Å². The van der Waals surface area contributed by atoms with E-state index in [0.717, 1.165) is 47.9 Å². The number of ether oxygens (including phenoxy) is 4. The third-order valence-electron chi connectivity index (χ3n) is 7.32. The predicted octanol–water partition coefficient (Wildman–Crippen LogP) is 5.15. The lowest BCUT2D eigenvalue weighted by molar-refractivity contribution is -0.152. The Morgan fingerprint density at radius 1 is 1.15 bits per heavy atom. The fourth-order valence-electron chi connectivity index (χ4n) is 4.64. The molecule has 0 spiro atoms. The number of nitrogens with zero attached hydrogens (tertiary/aromatic N) is 4. The molecule has 4 rings (SSSR count). The number of nitrogens with one attached hydrogen (secondary N) is 1. The highest BCUT2D eigenvalue weighted by Crippen LogP contribution is 2.27. The molecule has 10 nitrogen and oxygen atoms in total. The van der Waals surface area contributed by atoms with Gasteiger partial charge in [-0.3, -0.25) is 15.2 Å². The third kappa shape index (κ3) is 8.57. The monoisotopic (exact) mass is 583 g/mol. The van der Waals surface area contributed by atoms with Crippen LogP contribution < -0.4 is 10.2 Å². The van der Waals surface area contributed by atoms with Crippen LogP contribution in [-0.2, 0) is 19.0 Å². The highest BCUT2D eigenvalue weighted by atomic mass is 28.3. The van der Waals surface area contributed by atoms with Gasteiger partial charge < -0.3 is 18.9 Å². The zero-order valence-corrected chi connectivity index (χ0v) is 26.5. The highest BCUT2D eigenvalue weighted by Gasteiger charge is 2.32. The van der Waals surface area contributed by atoms with Crippen LogP contribution in [0.1, 0.15) is 50.7 Å². The molecular formula is C30H45N5O5Si. The maximum absolute atomic E-state index is 11.9. The lowest BCUT2D eigenvalue weighted by Gasteiger charge is -2.25. The molecule has 0 radical (unpaired) electrons. The lowest BCUT2D eigenvalue weighted by Crippen LogP contribution is -2.44. The summed E-state index contributed by atoms with van der Waals surface area (Å²) < 4.78 is 23.0. The molecule has 1 fully saturated rings. The number of methoxy groups -OCH3 is 1. The Bertz CT molecular complexity index is 1210. The van der Waals surface area contributed by atoms with Crippen LogP contribution in [0.25, 0.3) is 11.3 Å². The van der Waals surface area contributed by atoms with Gasteiger partial charge in [0.2, 0.25) is 12.2 Å². The molecule has 0 amide bonds. The van der Waals surface area contributed by atoms with Crippen LogP contribution in [0.2, 0.25) is 25.7 Å². The molecule has 0 aromatic carbocycles. The smallest absolute Gasteiger partial charge is 0.314 e. The zero-order chi connectivity index (χ0) is 29.6. The minimum absolute atomic E-state index is 0.166. The van der Waals surface area contributed by atoms with Gasteiger partial charge in [-0.1, -0.05) is 32.5 Å². The predicted molar refractivity (Wildman–Crippen MR) is 161 cm³/mol. The number of amidine groups is 1. The maximum Gasteiger partial charge on any atom is 0.314 e. The van der Waals surface area contributed by atoms with E-state index >= 15 is 0 Å². The molecular weight excluding hydrogens is 538 g/mol. The van der Waals surface area contributed by atoms with Crippen molar-refractivity contribution in [3.63, 3.8) is 0 Å². The molecule has 3 heterocycles. The molecule has 1 aliphatic carbocycles. The molecule has 2 aliphatic rings. The van der Waals surface area contributed by atoms with Crippen molar-refractivity contribution in [2.45, 2.75) is 84.6 Å². The number of pyridine rings is 2. The Morgan fingerprint density at radius 3 is 2.54 bits per heavy atom. The minimum atomic E-state index is -1.17. The van der Waals surface area contributed by atoms with Crippen molar-refractivity contribution in [1.82, 2.24) is 20.4 Å². The number of carbonyl (C=O) groups excluding carboxylic acids is 1. The number of rotatable bonds is 13. The second-order valence-electron chi connectivity index (χ2n) is 12.7. The molecule has 1 N–H and O–H groups in total. The SMILES string of the molecule is COC(=O)C(C)(C)COc1cc(C)c(-c2ccc(C3=NC(OC4CCCC4)N(COCC[Si](C)(C)C)N3)cn2)cn1. The first kappa shape index (κ1) is 31.1. The van der Waals surface area contributed by atoms with Gasteiger partial charge in [0.25, 0.3) is 0 Å². The van der Waals surface area contributed by atoms with Crippen molar-refractivity contribution in [3.05, 3.63) is 41.7 Å². The fourth-order valence-corrected chi connectivity index (χ4v) is 5.39. The Labute approximate surface area is 244 Å². The first-order valence-electron chi connectivity index (χ1n) is 14.4. The van der Waals surface area contributed by atoms with E-state index in [9.17, 15) is 4.79 Å². The van der Waals surface area contributed by atoms with Crippen LogP contribution in [0.4, 0.5) is 0 Å². The largest absolute Gasteiger partial charge is 0.476 e. The maximum atomic E-state index is 11.9. The summed E-state index contributed by atoms with van der Waals surface area (Å²) in [6.07, 6.45) is 7.90. The van der Waals surface area contributed by atoms with Crippen LogP contribution in [0.15, 0.2) is 35.6 Å². The van der Waals surface area contributed by atoms with Crippen LogP contribution in [0.3, 0.4) is 0 Å². The first-order valence-corrected chi connectivity index (χ1v) is 18.1. The highest BCUT2D eigenvalue weighted by molar-refractivity contribution is 6.76. The Hall–Kier alpha value is -2.86. The fraction of sp³-hybridized carbons (Fsp3) is 0.600. The number of hydrogen-bond donors (Lipinski definition) is 1. The van der Waals surface area contributed by atoms with Crippen LogP contribution >= 0.6 is 0 Å². The molecule has 11 heteroatoms. The summed E-state index contributed by atoms with van der Waals surface area (Å²) in [5.74, 6) is 0.836. The van der Waals surface area contributed by atoms with Crippen molar-refractivity contribution >= 4 is 19.9 Å². The average molecular weight is 584 g/mol. The van der Waals surface area contributed by atoms with Crippen molar-refractivity contribution in [1.29, 1.82) is 0 Å². The van der Waals surface area contributed by atoms with E-state index in [4.69, 9.17) is 28.9 Å². The second kappa shape index (κ2) is 13.4. The molecule has 1 aliphatic heterocycles. The van der Waals surface area contributed by atoms with E-state index in [1.54, 1.807) is 20.0 Å². The molecule has 1 atom stereocenters. The van der Waals surface area contributed by atoms with E-state index in [2.05, 4.69) is 30.1 Å². The molecule has 1 saturated carbocycles. The second-order valence-corrected chi connectivity index (χ2v) is 18.3. The number of carbonyl (C=O) groups is 1. The molecule has 224 valence electrons. The lowest BCUT2D eigenvalue weighted by atomic mass is 9.95. The Balaban J connectivity index is 1.41. The van der Waals surface area contributed by atoms with Crippen molar-refractivity contribution in [2.24, 2.45) is 10.4 Å². The van der Waals surface area contributed by atoms with Crippen molar-refractivity contribution in [2.75, 3.05) is 27.1 Å².